The van der Waals surface area contributed by atoms with Gasteiger partial charge >= 0.3 is 0 Å². The molecule has 0 aliphatic heterocycles. The molecule has 0 aromatic heterocycles. The number of aryl methyl sites for hydroxylation is 2. The number of rotatable bonds is 6. The molecule has 0 spiro atoms. The Hall–Kier alpha value is -2.96. The lowest BCUT2D eigenvalue weighted by molar-refractivity contribution is -0.129. The van der Waals surface area contributed by atoms with Gasteiger partial charge in [-0.15, -0.1) is 0 Å². The maximum Gasteiger partial charge on any atom is 0.258 e. The zero-order chi connectivity index (χ0) is 19.3. The van der Waals surface area contributed by atoms with Gasteiger partial charge in [0.25, 0.3) is 5.91 Å². The van der Waals surface area contributed by atoms with E-state index >= 15 is 0 Å². The van der Waals surface area contributed by atoms with Gasteiger partial charge in [-0.3, -0.25) is 9.59 Å². The minimum absolute atomic E-state index is 0.128. The molecule has 5 nitrogen and oxygen atoms in total. The van der Waals surface area contributed by atoms with E-state index in [4.69, 9.17) is 4.74 Å². The Morgan fingerprint density at radius 2 is 1.81 bits per heavy atom. The molecule has 138 valence electrons. The van der Waals surface area contributed by atoms with Crippen LogP contribution in [0.3, 0.4) is 0 Å². The first-order valence-corrected chi connectivity index (χ1v) is 7.97. The summed E-state index contributed by atoms with van der Waals surface area (Å²) < 4.78 is 32.1. The molecule has 2 aromatic rings. The van der Waals surface area contributed by atoms with Crippen molar-refractivity contribution in [1.29, 1.82) is 0 Å². The molecule has 2 N–H and O–H groups in total. The largest absolute Gasteiger partial charge is 0.483 e. The van der Waals surface area contributed by atoms with Crippen molar-refractivity contribution in [3.05, 3.63) is 64.7 Å². The van der Waals surface area contributed by atoms with Gasteiger partial charge < -0.3 is 15.4 Å². The van der Waals surface area contributed by atoms with Crippen LogP contribution < -0.4 is 15.4 Å². The summed E-state index contributed by atoms with van der Waals surface area (Å²) in [6, 6.07) is 7.45. The van der Waals surface area contributed by atoms with Gasteiger partial charge in [0.1, 0.15) is 11.8 Å². The van der Waals surface area contributed by atoms with E-state index in [-0.39, 0.29) is 12.2 Å². The summed E-state index contributed by atoms with van der Waals surface area (Å²) in [7, 11) is 1.38. The highest BCUT2D eigenvalue weighted by Crippen LogP contribution is 2.20. The second kappa shape index (κ2) is 8.42. The van der Waals surface area contributed by atoms with Crippen LogP contribution in [0.1, 0.15) is 22.7 Å². The minimum atomic E-state index is -1.16. The fourth-order valence-electron chi connectivity index (χ4n) is 2.35. The van der Waals surface area contributed by atoms with E-state index in [0.717, 1.165) is 23.3 Å². The van der Waals surface area contributed by atoms with Gasteiger partial charge in [0, 0.05) is 7.05 Å². The molecule has 0 saturated carbocycles. The van der Waals surface area contributed by atoms with Crippen LogP contribution in [0.4, 0.5) is 8.78 Å². The van der Waals surface area contributed by atoms with Gasteiger partial charge in [-0.25, -0.2) is 8.78 Å². The second-order valence-electron chi connectivity index (χ2n) is 5.85. The molecule has 0 heterocycles. The Morgan fingerprint density at radius 1 is 1.08 bits per heavy atom. The zero-order valence-corrected chi connectivity index (χ0v) is 14.7. The Labute approximate surface area is 150 Å². The molecule has 0 aliphatic rings. The van der Waals surface area contributed by atoms with E-state index in [1.54, 1.807) is 6.07 Å². The Morgan fingerprint density at radius 3 is 2.46 bits per heavy atom. The zero-order valence-electron chi connectivity index (χ0n) is 14.7. The smallest absolute Gasteiger partial charge is 0.258 e. The maximum atomic E-state index is 13.5. The molecule has 0 saturated heterocycles. The summed E-state index contributed by atoms with van der Waals surface area (Å²) in [5.74, 6) is -2.70. The van der Waals surface area contributed by atoms with Crippen molar-refractivity contribution >= 4 is 11.8 Å². The van der Waals surface area contributed by atoms with E-state index in [1.165, 1.54) is 13.1 Å². The molecule has 1 unspecified atom stereocenters. The first-order chi connectivity index (χ1) is 12.3. The number of hydrogen-bond acceptors (Lipinski definition) is 3. The topological polar surface area (TPSA) is 67.4 Å². The first-order valence-electron chi connectivity index (χ1n) is 7.97. The van der Waals surface area contributed by atoms with Crippen LogP contribution in [-0.2, 0) is 9.59 Å². The molecular weight excluding hydrogens is 342 g/mol. The molecule has 0 fully saturated rings. The summed E-state index contributed by atoms with van der Waals surface area (Å²) in [6.07, 6.45) is 0. The Bertz CT molecular complexity index is 824. The van der Waals surface area contributed by atoms with Crippen molar-refractivity contribution in [3.63, 3.8) is 0 Å². The fraction of sp³-hybridized carbons (Fsp3) is 0.263. The monoisotopic (exact) mass is 362 g/mol. The van der Waals surface area contributed by atoms with Gasteiger partial charge in [-0.05, 0) is 48.7 Å². The Balaban J connectivity index is 2.10. The fourth-order valence-corrected chi connectivity index (χ4v) is 2.35. The lowest BCUT2D eigenvalue weighted by Gasteiger charge is -2.18. The predicted molar refractivity (Wildman–Crippen MR) is 92.7 cm³/mol. The van der Waals surface area contributed by atoms with Gasteiger partial charge in [-0.1, -0.05) is 18.2 Å². The number of amides is 2. The summed E-state index contributed by atoms with van der Waals surface area (Å²) >= 11 is 0. The van der Waals surface area contributed by atoms with Gasteiger partial charge in [0.15, 0.2) is 18.2 Å². The summed E-state index contributed by atoms with van der Waals surface area (Å²) in [4.78, 5) is 24.2. The number of nitrogens with one attached hydrogen (secondary N) is 2. The summed E-state index contributed by atoms with van der Waals surface area (Å²) in [6.45, 7) is 3.43. The Kier molecular flexibility index (Phi) is 6.27. The van der Waals surface area contributed by atoms with Crippen molar-refractivity contribution in [3.8, 4) is 5.75 Å². The van der Waals surface area contributed by atoms with Gasteiger partial charge in [0.2, 0.25) is 5.91 Å². The van der Waals surface area contributed by atoms with Crippen LogP contribution in [0.15, 0.2) is 36.4 Å². The van der Waals surface area contributed by atoms with Crippen LogP contribution in [-0.4, -0.2) is 25.5 Å². The molecule has 7 heteroatoms. The number of benzene rings is 2. The highest BCUT2D eigenvalue weighted by Gasteiger charge is 2.23. The predicted octanol–water partition coefficient (Wildman–Crippen LogP) is 2.56. The van der Waals surface area contributed by atoms with Gasteiger partial charge in [0.05, 0.1) is 0 Å². The average Bonchev–Trinajstić information content (AvgIpc) is 2.62. The van der Waals surface area contributed by atoms with E-state index in [9.17, 15) is 18.4 Å². The molecule has 0 bridgehead atoms. The second-order valence-corrected chi connectivity index (χ2v) is 5.85. The lowest BCUT2D eigenvalue weighted by atomic mass is 10.1. The van der Waals surface area contributed by atoms with E-state index in [0.29, 0.717) is 5.75 Å². The van der Waals surface area contributed by atoms with Crippen molar-refractivity contribution in [2.24, 2.45) is 0 Å². The molecular formula is C19H20F2N2O3. The van der Waals surface area contributed by atoms with E-state index in [2.05, 4.69) is 10.6 Å². The quantitative estimate of drug-likeness (QED) is 0.830. The average molecular weight is 362 g/mol. The van der Waals surface area contributed by atoms with Crippen molar-refractivity contribution < 1.29 is 23.1 Å². The van der Waals surface area contributed by atoms with Crippen LogP contribution in [0.5, 0.6) is 5.75 Å². The molecule has 0 aliphatic carbocycles. The number of carbonyl (C=O) groups excluding carboxylic acids is 2. The maximum absolute atomic E-state index is 13.5. The highest BCUT2D eigenvalue weighted by molar-refractivity contribution is 5.89. The number of halogens is 2. The van der Waals surface area contributed by atoms with E-state index in [1.807, 2.05) is 26.0 Å². The van der Waals surface area contributed by atoms with Crippen molar-refractivity contribution in [2.45, 2.75) is 19.9 Å². The number of ether oxygens (including phenoxy) is 1. The normalized spacial score (nSPS) is 11.6. The molecule has 2 amide bonds. The summed E-state index contributed by atoms with van der Waals surface area (Å²) in [5, 5.41) is 4.85. The third-order valence-corrected chi connectivity index (χ3v) is 3.79. The van der Waals surface area contributed by atoms with Crippen LogP contribution in [0.2, 0.25) is 0 Å². The van der Waals surface area contributed by atoms with Gasteiger partial charge in [-0.2, -0.15) is 0 Å². The SMILES string of the molecule is CNC(=O)C(NC(=O)COc1cc(C)ccc1C)c1ccc(F)c(F)c1. The third kappa shape index (κ3) is 4.78. The standard InChI is InChI=1S/C19H20F2N2O3/c1-11-4-5-12(2)16(8-11)26-10-17(24)23-18(19(25)22-3)13-6-7-14(20)15(21)9-13/h4-9,18H,10H2,1-3H3,(H,22,25)(H,23,24). The number of carbonyl (C=O) groups is 2. The minimum Gasteiger partial charge on any atom is -0.483 e. The highest BCUT2D eigenvalue weighted by atomic mass is 19.2. The third-order valence-electron chi connectivity index (χ3n) is 3.79. The molecule has 2 rings (SSSR count). The number of likely N-dealkylation sites (N-methyl/N-ethyl adjacent to an activating group) is 1. The lowest BCUT2D eigenvalue weighted by Crippen LogP contribution is -2.41. The first kappa shape index (κ1) is 19.4. The molecule has 0 radical (unpaired) electrons. The van der Waals surface area contributed by atoms with Crippen LogP contribution >= 0.6 is 0 Å². The van der Waals surface area contributed by atoms with Crippen molar-refractivity contribution in [2.75, 3.05) is 13.7 Å². The van der Waals surface area contributed by atoms with Crippen LogP contribution in [0.25, 0.3) is 0 Å². The molecule has 26 heavy (non-hydrogen) atoms. The van der Waals surface area contributed by atoms with Crippen molar-refractivity contribution in [1.82, 2.24) is 10.6 Å². The van der Waals surface area contributed by atoms with E-state index < -0.39 is 29.5 Å². The van der Waals surface area contributed by atoms with Crippen LogP contribution in [0, 0.1) is 25.5 Å². The summed E-state index contributed by atoms with van der Waals surface area (Å²) in [5.41, 5.74) is 1.98. The molecule has 2 aromatic carbocycles. The number of hydrogen-bond donors (Lipinski definition) is 2. The molecule has 1 atom stereocenters.